The highest BCUT2D eigenvalue weighted by Crippen LogP contribution is 2.39. The number of aromatic nitrogens is 6. The molecule has 0 aliphatic heterocycles. The molecule has 0 atom stereocenters. The summed E-state index contributed by atoms with van der Waals surface area (Å²) in [5.74, 6) is 3.67. The Labute approximate surface area is 362 Å². The second-order valence-corrected chi connectivity index (χ2v) is 14.9. The van der Waals surface area contributed by atoms with E-state index in [1.165, 1.54) is 12.1 Å². The number of non-ortho nitro benzene ring substituents is 2. The molecule has 11 aromatic rings. The predicted molar refractivity (Wildman–Crippen MR) is 244 cm³/mol. The highest BCUT2D eigenvalue weighted by Gasteiger charge is 2.20. The lowest BCUT2D eigenvalue weighted by Gasteiger charge is -2.11. The van der Waals surface area contributed by atoms with Crippen LogP contribution >= 0.6 is 0 Å². The molecule has 0 fully saturated rings. The summed E-state index contributed by atoms with van der Waals surface area (Å²) >= 11 is 0. The smallest absolute Gasteiger partial charge is 0.270 e. The van der Waals surface area contributed by atoms with Gasteiger partial charge in [-0.1, -0.05) is 36.4 Å². The largest absolute Gasteiger partial charge is 0.457 e. The molecular weight excluding hydrogens is 809 g/mol. The molecule has 0 amide bonds. The zero-order valence-electron chi connectivity index (χ0n) is 33.3. The van der Waals surface area contributed by atoms with Crippen molar-refractivity contribution < 1.29 is 19.3 Å². The molecule has 306 valence electrons. The van der Waals surface area contributed by atoms with Crippen LogP contribution in [0.15, 0.2) is 183 Å². The van der Waals surface area contributed by atoms with Gasteiger partial charge >= 0.3 is 0 Å². The molecular formula is C50H30N8O6. The van der Waals surface area contributed by atoms with Gasteiger partial charge in [0.25, 0.3) is 11.4 Å². The molecule has 0 radical (unpaired) electrons. The first-order chi connectivity index (χ1) is 31.3. The van der Waals surface area contributed by atoms with Gasteiger partial charge in [-0.3, -0.25) is 39.3 Å². The van der Waals surface area contributed by atoms with Crippen LogP contribution in [-0.4, -0.2) is 38.9 Å². The van der Waals surface area contributed by atoms with Crippen LogP contribution in [0.25, 0.3) is 77.8 Å². The predicted octanol–water partition coefficient (Wildman–Crippen LogP) is 12.2. The van der Waals surface area contributed by atoms with E-state index in [4.69, 9.17) is 19.4 Å². The van der Waals surface area contributed by atoms with E-state index in [1.807, 2.05) is 130 Å². The SMILES string of the molecule is O=[N+]([O-])c1ccc2c(c1)c1ccc(Oc3cccc(-c4cnc(-c5cccc(Oc6ccc7c8cc([N+](=O)[O-])ccc8n(-c8ccccn8)c7c6)c5)cn4)c3)cc1n2-c1ccccn1. The number of rotatable bonds is 10. The number of fused-ring (bicyclic) bond motifs is 6. The van der Waals surface area contributed by atoms with Gasteiger partial charge in [-0.2, -0.15) is 0 Å². The first-order valence-electron chi connectivity index (χ1n) is 20.0. The van der Waals surface area contributed by atoms with Crippen LogP contribution in [0.1, 0.15) is 0 Å². The number of pyridine rings is 2. The van der Waals surface area contributed by atoms with Crippen molar-refractivity contribution in [3.05, 3.63) is 203 Å². The molecule has 0 unspecified atom stereocenters. The van der Waals surface area contributed by atoms with E-state index in [-0.39, 0.29) is 11.4 Å². The van der Waals surface area contributed by atoms with Gasteiger partial charge in [-0.15, -0.1) is 0 Å². The number of benzene rings is 6. The summed E-state index contributed by atoms with van der Waals surface area (Å²) in [6, 6.07) is 47.4. The van der Waals surface area contributed by atoms with E-state index < -0.39 is 9.85 Å². The Bertz CT molecular complexity index is 3390. The lowest BCUT2D eigenvalue weighted by Crippen LogP contribution is -1.97. The molecule has 11 rings (SSSR count). The molecule has 0 bridgehead atoms. The minimum Gasteiger partial charge on any atom is -0.457 e. The number of ether oxygens (including phenoxy) is 2. The van der Waals surface area contributed by atoms with E-state index >= 15 is 0 Å². The lowest BCUT2D eigenvalue weighted by molar-refractivity contribution is -0.384. The zero-order chi connectivity index (χ0) is 43.3. The molecule has 0 saturated carbocycles. The number of nitrogens with zero attached hydrogens (tertiary/aromatic N) is 8. The summed E-state index contributed by atoms with van der Waals surface area (Å²) in [7, 11) is 0. The van der Waals surface area contributed by atoms with E-state index in [0.29, 0.717) is 46.0 Å². The number of hydrogen-bond acceptors (Lipinski definition) is 10. The van der Waals surface area contributed by atoms with Gasteiger partial charge in [0.2, 0.25) is 0 Å². The summed E-state index contributed by atoms with van der Waals surface area (Å²) in [6.07, 6.45) is 6.85. The van der Waals surface area contributed by atoms with Crippen molar-refractivity contribution in [2.75, 3.05) is 0 Å². The molecule has 0 saturated heterocycles. The van der Waals surface area contributed by atoms with Crippen LogP contribution in [0.5, 0.6) is 23.0 Å². The van der Waals surface area contributed by atoms with Crippen molar-refractivity contribution in [2.24, 2.45) is 0 Å². The summed E-state index contributed by atoms with van der Waals surface area (Å²) < 4.78 is 16.7. The Hall–Kier alpha value is -9.30. The Balaban J connectivity index is 0.855. The lowest BCUT2D eigenvalue weighted by atomic mass is 10.1. The maximum absolute atomic E-state index is 11.6. The van der Waals surface area contributed by atoms with E-state index in [0.717, 1.165) is 54.7 Å². The molecule has 0 spiro atoms. The highest BCUT2D eigenvalue weighted by molar-refractivity contribution is 6.11. The van der Waals surface area contributed by atoms with Crippen molar-refractivity contribution in [3.8, 4) is 57.1 Å². The van der Waals surface area contributed by atoms with Crippen LogP contribution in [0, 0.1) is 20.2 Å². The molecule has 0 aliphatic carbocycles. The molecule has 5 heterocycles. The average Bonchev–Trinajstić information content (AvgIpc) is 3.83. The first-order valence-corrected chi connectivity index (χ1v) is 20.0. The van der Waals surface area contributed by atoms with Crippen LogP contribution in [-0.2, 0) is 0 Å². The van der Waals surface area contributed by atoms with Crippen LogP contribution in [0.2, 0.25) is 0 Å². The third kappa shape index (κ3) is 6.73. The third-order valence-electron chi connectivity index (χ3n) is 11.0. The molecule has 14 heteroatoms. The Morgan fingerprint density at radius 1 is 0.406 bits per heavy atom. The molecule has 5 aromatic heterocycles. The van der Waals surface area contributed by atoms with E-state index in [1.54, 1.807) is 49.1 Å². The quantitative estimate of drug-likeness (QED) is 0.0955. The molecule has 0 N–H and O–H groups in total. The summed E-state index contributed by atoms with van der Waals surface area (Å²) in [5, 5.41) is 26.4. The van der Waals surface area contributed by atoms with Gasteiger partial charge in [0.05, 0.1) is 55.7 Å². The fraction of sp³-hybridized carbons (Fsp3) is 0. The first kappa shape index (κ1) is 37.7. The van der Waals surface area contributed by atoms with Crippen LogP contribution in [0.4, 0.5) is 11.4 Å². The van der Waals surface area contributed by atoms with Crippen molar-refractivity contribution in [3.63, 3.8) is 0 Å². The maximum atomic E-state index is 11.6. The zero-order valence-corrected chi connectivity index (χ0v) is 33.3. The summed E-state index contributed by atoms with van der Waals surface area (Å²) in [6.45, 7) is 0. The Kier molecular flexibility index (Phi) is 9.01. The number of nitro groups is 2. The number of nitro benzene ring substituents is 2. The maximum Gasteiger partial charge on any atom is 0.270 e. The Morgan fingerprint density at radius 2 is 0.859 bits per heavy atom. The average molecular weight is 839 g/mol. The second kappa shape index (κ2) is 15.3. The van der Waals surface area contributed by atoms with Gasteiger partial charge in [0, 0.05) is 81.5 Å². The van der Waals surface area contributed by atoms with E-state index in [2.05, 4.69) is 9.97 Å². The minimum absolute atomic E-state index is 0.0101. The fourth-order valence-corrected chi connectivity index (χ4v) is 8.13. The van der Waals surface area contributed by atoms with Gasteiger partial charge in [-0.05, 0) is 84.9 Å². The van der Waals surface area contributed by atoms with Gasteiger partial charge in [0.1, 0.15) is 34.6 Å². The summed E-state index contributed by atoms with van der Waals surface area (Å²) in [4.78, 5) is 41.2. The number of hydrogen-bond donors (Lipinski definition) is 0. The third-order valence-corrected chi connectivity index (χ3v) is 11.0. The summed E-state index contributed by atoms with van der Waals surface area (Å²) in [5.41, 5.74) is 6.08. The van der Waals surface area contributed by atoms with Crippen LogP contribution < -0.4 is 9.47 Å². The van der Waals surface area contributed by atoms with Gasteiger partial charge in [-0.25, -0.2) is 9.97 Å². The van der Waals surface area contributed by atoms with Crippen LogP contribution in [0.3, 0.4) is 0 Å². The molecule has 6 aromatic carbocycles. The molecule has 0 aliphatic rings. The standard InChI is InChI=1S/C50H30N8O6/c59-57(60)33-13-19-45-41(25-33)39-17-15-37(27-47(39)55(45)49-11-1-3-21-51-49)63-35-9-5-7-31(23-35)43-29-54-44(30-53-43)32-8-6-10-36(24-32)64-38-16-18-40-42-26-34(58(61)62)14-20-46(42)56(48(40)28-38)50-12-2-4-22-52-50/h1-30H. The van der Waals surface area contributed by atoms with Crippen molar-refractivity contribution >= 4 is 55.0 Å². The molecule has 64 heavy (non-hydrogen) atoms. The topological polar surface area (TPSA) is 166 Å². The highest BCUT2D eigenvalue weighted by atomic mass is 16.6. The van der Waals surface area contributed by atoms with E-state index in [9.17, 15) is 20.2 Å². The normalized spacial score (nSPS) is 11.4. The Morgan fingerprint density at radius 3 is 1.27 bits per heavy atom. The van der Waals surface area contributed by atoms with Crippen molar-refractivity contribution in [2.45, 2.75) is 0 Å². The molecule has 14 nitrogen and oxygen atoms in total. The van der Waals surface area contributed by atoms with Gasteiger partial charge < -0.3 is 9.47 Å². The van der Waals surface area contributed by atoms with Crippen molar-refractivity contribution in [1.29, 1.82) is 0 Å². The second-order valence-electron chi connectivity index (χ2n) is 14.9. The fourth-order valence-electron chi connectivity index (χ4n) is 8.13. The van der Waals surface area contributed by atoms with Crippen molar-refractivity contribution in [1.82, 2.24) is 29.1 Å². The monoisotopic (exact) mass is 838 g/mol. The minimum atomic E-state index is -0.394. The van der Waals surface area contributed by atoms with Gasteiger partial charge in [0.15, 0.2) is 0 Å².